The van der Waals surface area contributed by atoms with Crippen molar-refractivity contribution in [1.29, 1.82) is 0 Å². The minimum Gasteiger partial charge on any atom is -0.334 e. The highest BCUT2D eigenvalue weighted by Gasteiger charge is 2.40. The fraction of sp³-hybridized carbons (Fsp3) is 0.556. The lowest BCUT2D eigenvalue weighted by Gasteiger charge is -2.36. The van der Waals surface area contributed by atoms with E-state index in [1.54, 1.807) is 11.0 Å². The van der Waals surface area contributed by atoms with Crippen LogP contribution in [0.1, 0.15) is 24.8 Å². The van der Waals surface area contributed by atoms with Gasteiger partial charge >= 0.3 is 0 Å². The smallest absolute Gasteiger partial charge is 0.227 e. The summed E-state index contributed by atoms with van der Waals surface area (Å²) < 4.78 is 1.76. The molecular weight excluding hydrogens is 316 g/mol. The van der Waals surface area contributed by atoms with E-state index in [1.807, 2.05) is 18.2 Å². The lowest BCUT2D eigenvalue weighted by atomic mass is 9.93. The Bertz CT molecular complexity index is 689. The first-order chi connectivity index (χ1) is 12.3. The summed E-state index contributed by atoms with van der Waals surface area (Å²) >= 11 is 0. The molecule has 132 valence electrons. The highest BCUT2D eigenvalue weighted by atomic mass is 16.2. The first kappa shape index (κ1) is 16.2. The summed E-state index contributed by atoms with van der Waals surface area (Å²) in [7, 11) is 0. The molecule has 3 aliphatic rings. The number of benzene rings is 1. The predicted molar refractivity (Wildman–Crippen MR) is 92.4 cm³/mol. The minimum absolute atomic E-state index is 0.149. The van der Waals surface area contributed by atoms with Gasteiger partial charge in [-0.15, -0.1) is 5.10 Å². The Labute approximate surface area is 147 Å². The second kappa shape index (κ2) is 7.31. The van der Waals surface area contributed by atoms with Gasteiger partial charge in [0, 0.05) is 38.8 Å². The van der Waals surface area contributed by atoms with E-state index in [1.165, 1.54) is 5.56 Å². The van der Waals surface area contributed by atoms with Crippen molar-refractivity contribution in [3.8, 4) is 0 Å². The normalized spacial score (nSPS) is 23.8. The molecule has 0 radical (unpaired) electrons. The van der Waals surface area contributed by atoms with Crippen molar-refractivity contribution in [2.45, 2.75) is 38.4 Å². The number of rotatable bonds is 6. The lowest BCUT2D eigenvalue weighted by molar-refractivity contribution is -0.140. The van der Waals surface area contributed by atoms with Crippen LogP contribution in [-0.2, 0) is 17.9 Å². The summed E-state index contributed by atoms with van der Waals surface area (Å²) in [6.07, 6.45) is 4.79. The quantitative estimate of drug-likeness (QED) is 0.790. The standard InChI is InChI=1S/C18H24N6O/c25-18-16-7-8-17(24(18)11-15-5-2-1-3-6-15)13-22(12-16)9-4-10-23-14-19-20-21-23/h1-3,5-6,14,16-17H,4,7-13H2/t16-,17+/m1/s1. The molecule has 1 amide bonds. The lowest BCUT2D eigenvalue weighted by Crippen LogP contribution is -2.47. The van der Waals surface area contributed by atoms with E-state index < -0.39 is 0 Å². The number of aryl methyl sites for hydroxylation is 1. The molecule has 0 aliphatic carbocycles. The first-order valence-electron chi connectivity index (χ1n) is 9.07. The summed E-state index contributed by atoms with van der Waals surface area (Å²) in [6.45, 7) is 4.40. The molecule has 3 saturated heterocycles. The zero-order valence-corrected chi connectivity index (χ0v) is 14.4. The maximum atomic E-state index is 12.9. The van der Waals surface area contributed by atoms with Gasteiger partial charge in [0.05, 0.1) is 5.92 Å². The number of carbonyl (C=O) groups is 1. The molecule has 25 heavy (non-hydrogen) atoms. The van der Waals surface area contributed by atoms with E-state index in [2.05, 4.69) is 37.5 Å². The number of hydrogen-bond acceptors (Lipinski definition) is 5. The molecule has 0 N–H and O–H groups in total. The Morgan fingerprint density at radius 3 is 2.76 bits per heavy atom. The van der Waals surface area contributed by atoms with Crippen LogP contribution < -0.4 is 0 Å². The Morgan fingerprint density at radius 2 is 1.96 bits per heavy atom. The number of aromatic nitrogens is 4. The molecule has 0 spiro atoms. The fourth-order valence-electron chi connectivity index (χ4n) is 4.04. The number of piperidine rings is 1. The van der Waals surface area contributed by atoms with E-state index in [0.717, 1.165) is 52.0 Å². The molecule has 2 atom stereocenters. The third-order valence-electron chi connectivity index (χ3n) is 5.32. The molecule has 7 nitrogen and oxygen atoms in total. The molecule has 2 aromatic rings. The van der Waals surface area contributed by atoms with Gasteiger partial charge in [-0.05, 0) is 35.3 Å². The summed E-state index contributed by atoms with van der Waals surface area (Å²) in [5.41, 5.74) is 1.22. The van der Waals surface area contributed by atoms with Gasteiger partial charge in [0.15, 0.2) is 0 Å². The maximum absolute atomic E-state index is 12.9. The van der Waals surface area contributed by atoms with E-state index >= 15 is 0 Å². The minimum atomic E-state index is 0.149. The maximum Gasteiger partial charge on any atom is 0.227 e. The average Bonchev–Trinajstić information content (AvgIpc) is 3.01. The summed E-state index contributed by atoms with van der Waals surface area (Å²) in [4.78, 5) is 17.5. The molecule has 1 aromatic heterocycles. The largest absolute Gasteiger partial charge is 0.334 e. The zero-order valence-electron chi connectivity index (χ0n) is 14.4. The molecule has 7 heteroatoms. The number of tetrazole rings is 1. The molecule has 3 aliphatic heterocycles. The van der Waals surface area contributed by atoms with Crippen LogP contribution in [0.5, 0.6) is 0 Å². The Morgan fingerprint density at radius 1 is 1.08 bits per heavy atom. The van der Waals surface area contributed by atoms with Crippen molar-refractivity contribution in [3.63, 3.8) is 0 Å². The highest BCUT2D eigenvalue weighted by Crippen LogP contribution is 2.30. The van der Waals surface area contributed by atoms with Gasteiger partial charge in [-0.3, -0.25) is 4.79 Å². The highest BCUT2D eigenvalue weighted by molar-refractivity contribution is 5.80. The Hall–Kier alpha value is -2.28. The van der Waals surface area contributed by atoms with Gasteiger partial charge in [0.25, 0.3) is 0 Å². The number of hydrogen-bond donors (Lipinski definition) is 0. The van der Waals surface area contributed by atoms with E-state index in [-0.39, 0.29) is 5.92 Å². The number of nitrogens with zero attached hydrogens (tertiary/aromatic N) is 6. The fourth-order valence-corrected chi connectivity index (χ4v) is 4.04. The van der Waals surface area contributed by atoms with Crippen LogP contribution in [0.2, 0.25) is 0 Å². The zero-order chi connectivity index (χ0) is 17.1. The Kier molecular flexibility index (Phi) is 4.74. The van der Waals surface area contributed by atoms with Crippen molar-refractivity contribution in [3.05, 3.63) is 42.2 Å². The van der Waals surface area contributed by atoms with Crippen molar-refractivity contribution < 1.29 is 4.79 Å². The Balaban J connectivity index is 1.38. The third-order valence-corrected chi connectivity index (χ3v) is 5.32. The molecule has 2 bridgehead atoms. The van der Waals surface area contributed by atoms with E-state index in [4.69, 9.17) is 0 Å². The van der Waals surface area contributed by atoms with Crippen LogP contribution in [0.25, 0.3) is 0 Å². The van der Waals surface area contributed by atoms with Gasteiger partial charge in [-0.2, -0.15) is 0 Å². The van der Waals surface area contributed by atoms with Crippen molar-refractivity contribution in [2.75, 3.05) is 19.6 Å². The average molecular weight is 340 g/mol. The molecule has 3 fully saturated rings. The first-order valence-corrected chi connectivity index (χ1v) is 9.07. The van der Waals surface area contributed by atoms with Gasteiger partial charge < -0.3 is 9.80 Å². The van der Waals surface area contributed by atoms with Crippen LogP contribution >= 0.6 is 0 Å². The van der Waals surface area contributed by atoms with Gasteiger partial charge in [-0.1, -0.05) is 30.3 Å². The third kappa shape index (κ3) is 3.71. The predicted octanol–water partition coefficient (Wildman–Crippen LogP) is 1.19. The molecule has 4 heterocycles. The number of amides is 1. The van der Waals surface area contributed by atoms with Crippen LogP contribution in [0.3, 0.4) is 0 Å². The second-order valence-electron chi connectivity index (χ2n) is 7.07. The summed E-state index contributed by atoms with van der Waals surface area (Å²) in [6, 6.07) is 10.7. The van der Waals surface area contributed by atoms with Crippen molar-refractivity contribution >= 4 is 5.91 Å². The number of carbonyl (C=O) groups excluding carboxylic acids is 1. The van der Waals surface area contributed by atoms with Crippen LogP contribution in [-0.4, -0.2) is 61.6 Å². The van der Waals surface area contributed by atoms with E-state index in [9.17, 15) is 4.79 Å². The van der Waals surface area contributed by atoms with Gasteiger partial charge in [0.1, 0.15) is 6.33 Å². The summed E-state index contributed by atoms with van der Waals surface area (Å²) in [5, 5.41) is 11.2. The molecule has 1 aromatic carbocycles. The van der Waals surface area contributed by atoms with Crippen molar-refractivity contribution in [1.82, 2.24) is 30.0 Å². The van der Waals surface area contributed by atoms with Crippen molar-refractivity contribution in [2.24, 2.45) is 5.92 Å². The SMILES string of the molecule is O=C1[C@@H]2CC[C@@H](CN(CCCn3cnnn3)C2)N1Cc1ccccc1. The monoisotopic (exact) mass is 340 g/mol. The van der Waals surface area contributed by atoms with Crippen LogP contribution in [0.4, 0.5) is 0 Å². The summed E-state index contributed by atoms with van der Waals surface area (Å²) in [5.74, 6) is 0.485. The van der Waals surface area contributed by atoms with Crippen LogP contribution in [0.15, 0.2) is 36.7 Å². The molecule has 0 unspecified atom stereocenters. The molecule has 5 rings (SSSR count). The van der Waals surface area contributed by atoms with E-state index in [0.29, 0.717) is 11.9 Å². The number of fused-ring (bicyclic) bond motifs is 4. The molecule has 0 saturated carbocycles. The van der Waals surface area contributed by atoms with Gasteiger partial charge in [-0.25, -0.2) is 4.68 Å². The van der Waals surface area contributed by atoms with Crippen LogP contribution in [0, 0.1) is 5.92 Å². The van der Waals surface area contributed by atoms with Gasteiger partial charge in [0.2, 0.25) is 5.91 Å². The topological polar surface area (TPSA) is 67.2 Å². The molecular formula is C18H24N6O. The second-order valence-corrected chi connectivity index (χ2v) is 7.07.